The van der Waals surface area contributed by atoms with Crippen molar-refractivity contribution in [3.05, 3.63) is 5.82 Å². The molecule has 1 aromatic heterocycles. The predicted octanol–water partition coefficient (Wildman–Crippen LogP) is 1.96. The molecule has 5 nitrogen and oxygen atoms in total. The third-order valence-corrected chi connectivity index (χ3v) is 3.42. The molecule has 1 fully saturated rings. The minimum atomic E-state index is 0.351. The molecule has 1 saturated carbocycles. The van der Waals surface area contributed by atoms with Crippen LogP contribution >= 0.6 is 0 Å². The minimum absolute atomic E-state index is 0.351. The SMILES string of the molecule is CCN(CC)c1nc(N)nc(C2CCCC2)n1. The van der Waals surface area contributed by atoms with E-state index in [9.17, 15) is 0 Å². The van der Waals surface area contributed by atoms with Crippen molar-refractivity contribution < 1.29 is 0 Å². The fourth-order valence-electron chi connectivity index (χ4n) is 2.41. The molecule has 1 aliphatic rings. The third kappa shape index (κ3) is 2.65. The van der Waals surface area contributed by atoms with Gasteiger partial charge in [0.2, 0.25) is 11.9 Å². The monoisotopic (exact) mass is 235 g/mol. The van der Waals surface area contributed by atoms with Gasteiger partial charge >= 0.3 is 0 Å². The number of nitrogen functional groups attached to an aromatic ring is 1. The van der Waals surface area contributed by atoms with Crippen LogP contribution in [0.1, 0.15) is 51.3 Å². The van der Waals surface area contributed by atoms with E-state index in [1.54, 1.807) is 0 Å². The Morgan fingerprint density at radius 2 is 1.76 bits per heavy atom. The summed E-state index contributed by atoms with van der Waals surface area (Å²) in [4.78, 5) is 15.2. The van der Waals surface area contributed by atoms with E-state index in [4.69, 9.17) is 5.73 Å². The lowest BCUT2D eigenvalue weighted by atomic mass is 10.1. The van der Waals surface area contributed by atoms with Gasteiger partial charge in [-0.05, 0) is 26.7 Å². The molecule has 0 unspecified atom stereocenters. The first-order valence-electron chi connectivity index (χ1n) is 6.51. The topological polar surface area (TPSA) is 67.9 Å². The van der Waals surface area contributed by atoms with Gasteiger partial charge < -0.3 is 10.6 Å². The van der Waals surface area contributed by atoms with Crippen molar-refractivity contribution in [3.63, 3.8) is 0 Å². The molecule has 0 amide bonds. The summed E-state index contributed by atoms with van der Waals surface area (Å²) in [7, 11) is 0. The summed E-state index contributed by atoms with van der Waals surface area (Å²) in [5.41, 5.74) is 5.79. The summed E-state index contributed by atoms with van der Waals surface area (Å²) in [6.07, 6.45) is 4.91. The second kappa shape index (κ2) is 5.29. The van der Waals surface area contributed by atoms with E-state index < -0.39 is 0 Å². The van der Waals surface area contributed by atoms with Crippen molar-refractivity contribution in [1.82, 2.24) is 15.0 Å². The minimum Gasteiger partial charge on any atom is -0.368 e. The molecule has 0 spiro atoms. The molecule has 1 aromatic rings. The predicted molar refractivity (Wildman–Crippen MR) is 69.0 cm³/mol. The van der Waals surface area contributed by atoms with E-state index in [1.807, 2.05) is 0 Å². The number of rotatable bonds is 4. The molecule has 2 N–H and O–H groups in total. The summed E-state index contributed by atoms with van der Waals surface area (Å²) >= 11 is 0. The van der Waals surface area contributed by atoms with Gasteiger partial charge in [-0.2, -0.15) is 15.0 Å². The quantitative estimate of drug-likeness (QED) is 0.864. The van der Waals surface area contributed by atoms with Crippen LogP contribution in [-0.4, -0.2) is 28.0 Å². The van der Waals surface area contributed by atoms with Gasteiger partial charge in [-0.3, -0.25) is 0 Å². The molecule has 1 aliphatic carbocycles. The van der Waals surface area contributed by atoms with E-state index in [0.29, 0.717) is 11.9 Å². The highest BCUT2D eigenvalue weighted by atomic mass is 15.3. The average Bonchev–Trinajstić information content (AvgIpc) is 2.83. The van der Waals surface area contributed by atoms with Crippen LogP contribution in [0.4, 0.5) is 11.9 Å². The maximum Gasteiger partial charge on any atom is 0.230 e. The van der Waals surface area contributed by atoms with Crippen molar-refractivity contribution in [1.29, 1.82) is 0 Å². The Hall–Kier alpha value is -1.39. The molecular weight excluding hydrogens is 214 g/mol. The number of nitrogens with zero attached hydrogens (tertiary/aromatic N) is 4. The average molecular weight is 235 g/mol. The van der Waals surface area contributed by atoms with Crippen molar-refractivity contribution in [2.45, 2.75) is 45.4 Å². The molecule has 0 atom stereocenters. The number of anilines is 2. The van der Waals surface area contributed by atoms with E-state index in [1.165, 1.54) is 25.7 Å². The Bertz CT molecular complexity index is 349. The second-order valence-corrected chi connectivity index (χ2v) is 4.51. The molecule has 2 rings (SSSR count). The van der Waals surface area contributed by atoms with Crippen LogP contribution in [0.25, 0.3) is 0 Å². The lowest BCUT2D eigenvalue weighted by Gasteiger charge is -2.19. The zero-order valence-electron chi connectivity index (χ0n) is 10.7. The van der Waals surface area contributed by atoms with Crippen LogP contribution in [0.2, 0.25) is 0 Å². The van der Waals surface area contributed by atoms with Gasteiger partial charge in [-0.15, -0.1) is 0 Å². The third-order valence-electron chi connectivity index (χ3n) is 3.42. The van der Waals surface area contributed by atoms with E-state index in [2.05, 4.69) is 33.7 Å². The molecule has 0 bridgehead atoms. The zero-order valence-corrected chi connectivity index (χ0v) is 10.7. The lowest BCUT2D eigenvalue weighted by Crippen LogP contribution is -2.25. The largest absolute Gasteiger partial charge is 0.368 e. The summed E-state index contributed by atoms with van der Waals surface area (Å²) in [6, 6.07) is 0. The number of aromatic nitrogens is 3. The summed E-state index contributed by atoms with van der Waals surface area (Å²) in [5.74, 6) is 2.44. The normalized spacial score (nSPS) is 16.4. The maximum absolute atomic E-state index is 5.79. The van der Waals surface area contributed by atoms with Gasteiger partial charge in [-0.1, -0.05) is 12.8 Å². The van der Waals surface area contributed by atoms with Gasteiger partial charge in [0, 0.05) is 19.0 Å². The maximum atomic E-state index is 5.79. The first-order valence-corrected chi connectivity index (χ1v) is 6.51. The first-order chi connectivity index (χ1) is 8.24. The van der Waals surface area contributed by atoms with E-state index >= 15 is 0 Å². The molecule has 1 heterocycles. The molecule has 5 heteroatoms. The van der Waals surface area contributed by atoms with Gasteiger partial charge in [0.25, 0.3) is 0 Å². The number of hydrogen-bond acceptors (Lipinski definition) is 5. The van der Waals surface area contributed by atoms with Gasteiger partial charge in [-0.25, -0.2) is 0 Å². The highest BCUT2D eigenvalue weighted by molar-refractivity contribution is 5.34. The van der Waals surface area contributed by atoms with Crippen molar-refractivity contribution in [3.8, 4) is 0 Å². The van der Waals surface area contributed by atoms with Crippen LogP contribution in [0.3, 0.4) is 0 Å². The Labute approximate surface area is 102 Å². The molecule has 17 heavy (non-hydrogen) atoms. The first kappa shape index (κ1) is 12.1. The summed E-state index contributed by atoms with van der Waals surface area (Å²) in [5, 5.41) is 0. The van der Waals surface area contributed by atoms with Gasteiger partial charge in [0.1, 0.15) is 5.82 Å². The zero-order chi connectivity index (χ0) is 12.3. The molecule has 0 radical (unpaired) electrons. The second-order valence-electron chi connectivity index (χ2n) is 4.51. The fourth-order valence-corrected chi connectivity index (χ4v) is 2.41. The standard InChI is InChI=1S/C12H21N5/c1-3-17(4-2)12-15-10(14-11(13)16-12)9-7-5-6-8-9/h9H,3-8H2,1-2H3,(H2,13,14,15,16). The Balaban J connectivity index is 2.27. The van der Waals surface area contributed by atoms with Crippen LogP contribution in [-0.2, 0) is 0 Å². The highest BCUT2D eigenvalue weighted by Gasteiger charge is 2.21. The van der Waals surface area contributed by atoms with Crippen LogP contribution in [0, 0.1) is 0 Å². The summed E-state index contributed by atoms with van der Waals surface area (Å²) < 4.78 is 0. The Morgan fingerprint density at radius 1 is 1.12 bits per heavy atom. The Kier molecular flexibility index (Phi) is 3.76. The van der Waals surface area contributed by atoms with Crippen molar-refractivity contribution in [2.75, 3.05) is 23.7 Å². The van der Waals surface area contributed by atoms with Gasteiger partial charge in [0.05, 0.1) is 0 Å². The van der Waals surface area contributed by atoms with Gasteiger partial charge in [0.15, 0.2) is 0 Å². The lowest BCUT2D eigenvalue weighted by molar-refractivity contribution is 0.657. The van der Waals surface area contributed by atoms with Crippen molar-refractivity contribution >= 4 is 11.9 Å². The van der Waals surface area contributed by atoms with Crippen LogP contribution in [0.5, 0.6) is 0 Å². The van der Waals surface area contributed by atoms with E-state index in [0.717, 1.165) is 24.9 Å². The van der Waals surface area contributed by atoms with Crippen LogP contribution < -0.4 is 10.6 Å². The highest BCUT2D eigenvalue weighted by Crippen LogP contribution is 2.32. The fraction of sp³-hybridized carbons (Fsp3) is 0.750. The van der Waals surface area contributed by atoms with E-state index in [-0.39, 0.29) is 0 Å². The molecule has 0 saturated heterocycles. The van der Waals surface area contributed by atoms with Crippen molar-refractivity contribution in [2.24, 2.45) is 0 Å². The molecule has 0 aliphatic heterocycles. The number of nitrogens with two attached hydrogens (primary N) is 1. The smallest absolute Gasteiger partial charge is 0.230 e. The molecule has 0 aromatic carbocycles. The molecular formula is C12H21N5. The summed E-state index contributed by atoms with van der Waals surface area (Å²) in [6.45, 7) is 5.98. The Morgan fingerprint density at radius 3 is 2.35 bits per heavy atom. The van der Waals surface area contributed by atoms with Crippen LogP contribution in [0.15, 0.2) is 0 Å². The molecule has 94 valence electrons. The number of hydrogen-bond donors (Lipinski definition) is 1.